The summed E-state index contributed by atoms with van der Waals surface area (Å²) in [4.78, 5) is 10.9. The maximum absolute atomic E-state index is 11.4. The first-order valence-electron chi connectivity index (χ1n) is 7.30. The molecule has 0 aliphatic carbocycles. The highest BCUT2D eigenvalue weighted by molar-refractivity contribution is 7.88. The molecule has 0 aromatic carbocycles. The molecule has 0 bridgehead atoms. The molecule has 3 rings (SSSR count). The Morgan fingerprint density at radius 3 is 2.95 bits per heavy atom. The van der Waals surface area contributed by atoms with Crippen LogP contribution in [0.3, 0.4) is 0 Å². The smallest absolute Gasteiger partial charge is 0.208 e. The van der Waals surface area contributed by atoms with Crippen LogP contribution in [0.15, 0.2) is 12.5 Å². The molecule has 0 saturated carbocycles. The van der Waals surface area contributed by atoms with Crippen molar-refractivity contribution >= 4 is 26.9 Å². The van der Waals surface area contributed by atoms with Gasteiger partial charge < -0.3 is 4.90 Å². The van der Waals surface area contributed by atoms with Gasteiger partial charge in [-0.2, -0.15) is 5.10 Å². The molecule has 1 aliphatic heterocycles. The van der Waals surface area contributed by atoms with Crippen molar-refractivity contribution in [2.75, 3.05) is 24.2 Å². The minimum Gasteiger partial charge on any atom is -0.352 e. The van der Waals surface area contributed by atoms with Gasteiger partial charge >= 0.3 is 0 Å². The van der Waals surface area contributed by atoms with Crippen LogP contribution in [0.1, 0.15) is 19.3 Å². The Bertz CT molecular complexity index is 772. The van der Waals surface area contributed by atoms with Crippen molar-refractivity contribution < 1.29 is 8.42 Å². The number of hydrogen-bond donors (Lipinski definition) is 1. The molecular weight excluding hydrogens is 304 g/mol. The predicted octanol–water partition coefficient (Wildman–Crippen LogP) is 0.271. The number of sulfonamides is 1. The Hall–Kier alpha value is -1.74. The Labute approximate surface area is 129 Å². The van der Waals surface area contributed by atoms with Crippen LogP contribution >= 0.6 is 0 Å². The van der Waals surface area contributed by atoms with Crippen molar-refractivity contribution in [3.8, 4) is 0 Å². The molecule has 0 spiro atoms. The number of anilines is 1. The maximum atomic E-state index is 11.4. The number of aryl methyl sites for hydroxylation is 1. The summed E-state index contributed by atoms with van der Waals surface area (Å²) in [5, 5.41) is 5.14. The lowest BCUT2D eigenvalue weighted by molar-refractivity contribution is 0.451. The van der Waals surface area contributed by atoms with Gasteiger partial charge in [-0.05, 0) is 19.3 Å². The van der Waals surface area contributed by atoms with E-state index in [0.717, 1.165) is 42.7 Å². The molecule has 3 heterocycles. The zero-order chi connectivity index (χ0) is 15.7. The summed E-state index contributed by atoms with van der Waals surface area (Å²) >= 11 is 0. The maximum Gasteiger partial charge on any atom is 0.208 e. The number of nitrogens with one attached hydrogen (secondary N) is 1. The van der Waals surface area contributed by atoms with Crippen LogP contribution < -0.4 is 9.62 Å². The number of hydrogen-bond acceptors (Lipinski definition) is 6. The van der Waals surface area contributed by atoms with Gasteiger partial charge in [0.25, 0.3) is 0 Å². The van der Waals surface area contributed by atoms with Crippen LogP contribution in [0.4, 0.5) is 5.82 Å². The summed E-state index contributed by atoms with van der Waals surface area (Å²) in [7, 11) is -1.35. The lowest BCUT2D eigenvalue weighted by atomic mass is 10.0. The second-order valence-electron chi connectivity index (χ2n) is 5.67. The van der Waals surface area contributed by atoms with Gasteiger partial charge in [-0.25, -0.2) is 23.1 Å². The van der Waals surface area contributed by atoms with Gasteiger partial charge in [0.15, 0.2) is 5.65 Å². The largest absolute Gasteiger partial charge is 0.352 e. The monoisotopic (exact) mass is 324 g/mol. The molecule has 0 radical (unpaired) electrons. The molecular formula is C13H20N6O2S. The van der Waals surface area contributed by atoms with E-state index in [-0.39, 0.29) is 6.04 Å². The van der Waals surface area contributed by atoms with Crippen LogP contribution in [0.5, 0.6) is 0 Å². The average Bonchev–Trinajstić information content (AvgIpc) is 2.87. The minimum absolute atomic E-state index is 0.0989. The molecule has 1 saturated heterocycles. The van der Waals surface area contributed by atoms with Crippen molar-refractivity contribution in [2.45, 2.75) is 25.3 Å². The standard InChI is InChI=1S/C13H20N6O2S/c1-18-12-11(8-16-18)13(15-9-14-12)19-6-4-3-5-10(19)7-17-22(2,20)21/h8-10,17H,3-7H2,1-2H3. The lowest BCUT2D eigenvalue weighted by Crippen LogP contribution is -2.47. The van der Waals surface area contributed by atoms with Gasteiger partial charge in [0.2, 0.25) is 10.0 Å². The zero-order valence-corrected chi connectivity index (χ0v) is 13.5. The number of piperidine rings is 1. The summed E-state index contributed by atoms with van der Waals surface area (Å²) in [5.41, 5.74) is 0.783. The molecule has 1 N–H and O–H groups in total. The van der Waals surface area contributed by atoms with Crippen LogP contribution in [0, 0.1) is 0 Å². The first kappa shape index (κ1) is 15.2. The van der Waals surface area contributed by atoms with Gasteiger partial charge in [0.1, 0.15) is 12.1 Å². The molecule has 2 aromatic heterocycles. The van der Waals surface area contributed by atoms with E-state index < -0.39 is 10.0 Å². The summed E-state index contributed by atoms with van der Waals surface area (Å²) in [6.07, 6.45) is 7.59. The third-order valence-electron chi connectivity index (χ3n) is 3.99. The van der Waals surface area contributed by atoms with E-state index >= 15 is 0 Å². The Morgan fingerprint density at radius 2 is 2.18 bits per heavy atom. The van der Waals surface area contributed by atoms with Gasteiger partial charge in [-0.1, -0.05) is 0 Å². The minimum atomic E-state index is -3.19. The van der Waals surface area contributed by atoms with Gasteiger partial charge in [0.05, 0.1) is 17.8 Å². The Kier molecular flexibility index (Phi) is 4.00. The van der Waals surface area contributed by atoms with Gasteiger partial charge in [-0.3, -0.25) is 4.68 Å². The molecule has 1 aliphatic rings. The number of aromatic nitrogens is 4. The van der Waals surface area contributed by atoms with Crippen molar-refractivity contribution in [1.82, 2.24) is 24.5 Å². The Morgan fingerprint density at radius 1 is 1.36 bits per heavy atom. The highest BCUT2D eigenvalue weighted by Gasteiger charge is 2.26. The molecule has 0 amide bonds. The van der Waals surface area contributed by atoms with E-state index in [1.165, 1.54) is 12.6 Å². The van der Waals surface area contributed by atoms with Crippen molar-refractivity contribution in [1.29, 1.82) is 0 Å². The zero-order valence-electron chi connectivity index (χ0n) is 12.7. The van der Waals surface area contributed by atoms with Crippen LogP contribution in [-0.2, 0) is 17.1 Å². The quantitative estimate of drug-likeness (QED) is 0.868. The summed E-state index contributed by atoms with van der Waals surface area (Å²) in [6, 6.07) is 0.0989. The van der Waals surface area contributed by atoms with E-state index in [4.69, 9.17) is 0 Å². The normalized spacial score (nSPS) is 19.7. The van der Waals surface area contributed by atoms with Crippen LogP contribution in [0.25, 0.3) is 11.0 Å². The molecule has 120 valence electrons. The van der Waals surface area contributed by atoms with E-state index in [0.29, 0.717) is 6.54 Å². The average molecular weight is 324 g/mol. The SMILES string of the molecule is Cn1ncc2c(N3CCCCC3CNS(C)(=O)=O)ncnc21. The van der Waals surface area contributed by atoms with Gasteiger partial charge in [-0.15, -0.1) is 0 Å². The fraction of sp³-hybridized carbons (Fsp3) is 0.615. The fourth-order valence-electron chi connectivity index (χ4n) is 2.92. The number of fused-ring (bicyclic) bond motifs is 1. The van der Waals surface area contributed by atoms with Crippen molar-refractivity contribution in [3.05, 3.63) is 12.5 Å². The third-order valence-corrected chi connectivity index (χ3v) is 4.68. The second-order valence-corrected chi connectivity index (χ2v) is 7.50. The first-order valence-corrected chi connectivity index (χ1v) is 9.19. The number of rotatable bonds is 4. The third kappa shape index (κ3) is 3.05. The Balaban J connectivity index is 1.92. The molecule has 8 nitrogen and oxygen atoms in total. The van der Waals surface area contributed by atoms with E-state index in [9.17, 15) is 8.42 Å². The highest BCUT2D eigenvalue weighted by atomic mass is 32.2. The molecule has 1 unspecified atom stereocenters. The lowest BCUT2D eigenvalue weighted by Gasteiger charge is -2.36. The summed E-state index contributed by atoms with van der Waals surface area (Å²) in [6.45, 7) is 1.25. The van der Waals surface area contributed by atoms with E-state index in [1.807, 2.05) is 7.05 Å². The van der Waals surface area contributed by atoms with Crippen molar-refractivity contribution in [3.63, 3.8) is 0 Å². The topological polar surface area (TPSA) is 93.0 Å². The van der Waals surface area contributed by atoms with E-state index in [2.05, 4.69) is 24.7 Å². The fourth-order valence-corrected chi connectivity index (χ4v) is 3.41. The molecule has 1 fully saturated rings. The molecule has 22 heavy (non-hydrogen) atoms. The molecule has 2 aromatic rings. The molecule has 9 heteroatoms. The van der Waals surface area contributed by atoms with Gasteiger partial charge in [0, 0.05) is 26.2 Å². The summed E-state index contributed by atoms with van der Waals surface area (Å²) < 4.78 is 27.1. The number of nitrogens with zero attached hydrogens (tertiary/aromatic N) is 5. The van der Waals surface area contributed by atoms with Crippen LogP contribution in [0.2, 0.25) is 0 Å². The highest BCUT2D eigenvalue weighted by Crippen LogP contribution is 2.28. The second kappa shape index (κ2) is 5.81. The van der Waals surface area contributed by atoms with Crippen LogP contribution in [-0.4, -0.2) is 53.6 Å². The van der Waals surface area contributed by atoms with E-state index in [1.54, 1.807) is 10.9 Å². The predicted molar refractivity (Wildman–Crippen MR) is 84.1 cm³/mol. The first-order chi connectivity index (χ1) is 10.5. The molecule has 1 atom stereocenters. The summed E-state index contributed by atoms with van der Waals surface area (Å²) in [5.74, 6) is 0.832. The van der Waals surface area contributed by atoms with Crippen molar-refractivity contribution in [2.24, 2.45) is 7.05 Å².